The third-order valence-electron chi connectivity index (χ3n) is 5.53. The minimum atomic E-state index is 0.0919. The number of aromatic nitrogens is 7. The van der Waals surface area contributed by atoms with E-state index in [1.165, 1.54) is 0 Å². The van der Waals surface area contributed by atoms with Gasteiger partial charge in [0, 0.05) is 30.8 Å². The van der Waals surface area contributed by atoms with Gasteiger partial charge in [-0.2, -0.15) is 4.98 Å². The Morgan fingerprint density at radius 1 is 1.24 bits per heavy atom. The van der Waals surface area contributed by atoms with Crippen LogP contribution in [-0.2, 0) is 13.0 Å². The smallest absolute Gasteiger partial charge is 0.222 e. The number of nitrogen functional groups attached to an aromatic ring is 1. The van der Waals surface area contributed by atoms with Crippen LogP contribution in [0.2, 0.25) is 0 Å². The van der Waals surface area contributed by atoms with E-state index in [2.05, 4.69) is 53.5 Å². The van der Waals surface area contributed by atoms with Gasteiger partial charge in [0.25, 0.3) is 0 Å². The van der Waals surface area contributed by atoms with Crippen LogP contribution in [0.4, 0.5) is 11.8 Å². The molecule has 0 aliphatic rings. The Morgan fingerprint density at radius 3 is 2.85 bits per heavy atom. The van der Waals surface area contributed by atoms with E-state index in [9.17, 15) is 5.11 Å². The normalized spacial score (nSPS) is 12.2. The number of tetrazole rings is 1. The molecule has 0 aliphatic heterocycles. The molecule has 11 nitrogen and oxygen atoms in total. The molecular weight excluding hydrogens is 422 g/mol. The Kier molecular flexibility index (Phi) is 6.98. The van der Waals surface area contributed by atoms with Crippen LogP contribution in [0.1, 0.15) is 43.1 Å². The highest BCUT2D eigenvalue weighted by Gasteiger charge is 2.17. The number of nitrogens with one attached hydrogen (secondary N) is 2. The molecule has 1 aromatic carbocycles. The number of nitrogens with two attached hydrogens (primary N) is 1. The summed E-state index contributed by atoms with van der Waals surface area (Å²) in [5.74, 6) is 2.35. The zero-order valence-corrected chi connectivity index (χ0v) is 18.8. The summed E-state index contributed by atoms with van der Waals surface area (Å²) < 4.78 is 7.70. The van der Waals surface area contributed by atoms with Gasteiger partial charge in [-0.05, 0) is 47.0 Å². The van der Waals surface area contributed by atoms with Crippen LogP contribution < -0.4 is 15.8 Å². The van der Waals surface area contributed by atoms with Gasteiger partial charge in [0.15, 0.2) is 11.6 Å². The van der Waals surface area contributed by atoms with Crippen LogP contribution in [-0.4, -0.2) is 60.0 Å². The Labute approximate surface area is 191 Å². The van der Waals surface area contributed by atoms with Crippen LogP contribution in [0, 0.1) is 0 Å². The maximum Gasteiger partial charge on any atom is 0.222 e. The molecule has 0 saturated carbocycles. The molecule has 0 radical (unpaired) electrons. The molecule has 11 heteroatoms. The van der Waals surface area contributed by atoms with E-state index >= 15 is 0 Å². The number of hydrogen-bond donors (Lipinski definition) is 4. The first kappa shape index (κ1) is 22.5. The van der Waals surface area contributed by atoms with E-state index in [0.717, 1.165) is 40.8 Å². The van der Waals surface area contributed by atoms with Crippen molar-refractivity contribution in [1.29, 1.82) is 0 Å². The van der Waals surface area contributed by atoms with Gasteiger partial charge < -0.3 is 25.5 Å². The number of benzene rings is 1. The highest BCUT2D eigenvalue weighted by molar-refractivity contribution is 5.87. The highest BCUT2D eigenvalue weighted by Crippen LogP contribution is 2.28. The first-order valence-electron chi connectivity index (χ1n) is 11.0. The summed E-state index contributed by atoms with van der Waals surface area (Å²) in [6.07, 6.45) is 5.10. The molecule has 174 valence electrons. The van der Waals surface area contributed by atoms with E-state index in [4.69, 9.17) is 10.5 Å². The third-order valence-corrected chi connectivity index (χ3v) is 5.53. The largest absolute Gasteiger partial charge is 0.496 e. The lowest BCUT2D eigenvalue weighted by atomic mass is 10.1. The standard InChI is InChI=1S/C22H29N9O2/c1-3-4-16(8-10-32)24-21-20-17(25-22(23)26-21)7-9-31(20)13-15-11-14(5-6-18(15)33-2)12-19-27-29-30-28-19/h5-7,9,11,16,32H,3-4,8,10,12-13H2,1-2H3,(H3,23,24,25,26)(H,27,28,29,30)/t16-/m0/s1. The van der Waals surface area contributed by atoms with Crippen LogP contribution in [0.25, 0.3) is 11.0 Å². The lowest BCUT2D eigenvalue weighted by molar-refractivity contribution is 0.276. The number of nitrogens with zero attached hydrogens (tertiary/aromatic N) is 6. The molecule has 0 bridgehead atoms. The average molecular weight is 452 g/mol. The fraction of sp³-hybridized carbons (Fsp3) is 0.409. The van der Waals surface area contributed by atoms with E-state index in [1.807, 2.05) is 24.4 Å². The number of rotatable bonds is 11. The van der Waals surface area contributed by atoms with Gasteiger partial charge in [-0.3, -0.25) is 0 Å². The highest BCUT2D eigenvalue weighted by atomic mass is 16.5. The molecule has 3 aromatic heterocycles. The zero-order valence-electron chi connectivity index (χ0n) is 18.8. The Bertz CT molecular complexity index is 1180. The number of H-pyrrole nitrogens is 1. The van der Waals surface area contributed by atoms with Gasteiger partial charge in [-0.1, -0.05) is 19.4 Å². The maximum atomic E-state index is 9.46. The number of methoxy groups -OCH3 is 1. The van der Waals surface area contributed by atoms with E-state index in [1.54, 1.807) is 7.11 Å². The number of ether oxygens (including phenoxy) is 1. The summed E-state index contributed by atoms with van der Waals surface area (Å²) in [5.41, 5.74) is 9.66. The fourth-order valence-corrected chi connectivity index (χ4v) is 4.04. The van der Waals surface area contributed by atoms with Crippen molar-refractivity contribution in [2.75, 3.05) is 24.8 Å². The Morgan fingerprint density at radius 2 is 2.12 bits per heavy atom. The number of aromatic amines is 1. The van der Waals surface area contributed by atoms with Crippen LogP contribution in [0.5, 0.6) is 5.75 Å². The van der Waals surface area contributed by atoms with Crippen LogP contribution >= 0.6 is 0 Å². The number of hydrogen-bond acceptors (Lipinski definition) is 9. The van der Waals surface area contributed by atoms with Crippen molar-refractivity contribution in [3.05, 3.63) is 47.4 Å². The summed E-state index contributed by atoms with van der Waals surface area (Å²) in [6, 6.07) is 8.06. The lowest BCUT2D eigenvalue weighted by Gasteiger charge is -2.19. The van der Waals surface area contributed by atoms with Crippen molar-refractivity contribution >= 4 is 22.8 Å². The van der Waals surface area contributed by atoms with Crippen molar-refractivity contribution < 1.29 is 9.84 Å². The molecule has 3 heterocycles. The van der Waals surface area contributed by atoms with Crippen LogP contribution in [0.3, 0.4) is 0 Å². The Balaban J connectivity index is 1.69. The molecule has 0 unspecified atom stereocenters. The summed E-state index contributed by atoms with van der Waals surface area (Å²) in [4.78, 5) is 8.89. The zero-order chi connectivity index (χ0) is 23.2. The summed E-state index contributed by atoms with van der Waals surface area (Å²) in [5, 5.41) is 27.0. The van der Waals surface area contributed by atoms with Crippen molar-refractivity contribution in [2.24, 2.45) is 0 Å². The monoisotopic (exact) mass is 451 g/mol. The molecule has 0 saturated heterocycles. The first-order valence-corrected chi connectivity index (χ1v) is 11.0. The molecule has 4 rings (SSSR count). The minimum Gasteiger partial charge on any atom is -0.496 e. The molecule has 1 atom stereocenters. The van der Waals surface area contributed by atoms with Crippen molar-refractivity contribution in [3.63, 3.8) is 0 Å². The number of aliphatic hydroxyl groups excluding tert-OH is 1. The topological polar surface area (TPSA) is 153 Å². The van der Waals surface area contributed by atoms with Crippen LogP contribution in [0.15, 0.2) is 30.5 Å². The van der Waals surface area contributed by atoms with E-state index in [0.29, 0.717) is 31.0 Å². The number of fused-ring (bicyclic) bond motifs is 1. The number of anilines is 2. The quantitative estimate of drug-likeness (QED) is 0.269. The van der Waals surface area contributed by atoms with Gasteiger partial charge in [-0.25, -0.2) is 10.1 Å². The minimum absolute atomic E-state index is 0.0919. The second-order valence-electron chi connectivity index (χ2n) is 7.92. The average Bonchev–Trinajstić information content (AvgIpc) is 3.44. The Hall–Kier alpha value is -3.73. The predicted molar refractivity (Wildman–Crippen MR) is 125 cm³/mol. The second kappa shape index (κ2) is 10.3. The van der Waals surface area contributed by atoms with Crippen molar-refractivity contribution in [2.45, 2.75) is 45.2 Å². The summed E-state index contributed by atoms with van der Waals surface area (Å²) in [6.45, 7) is 2.77. The van der Waals surface area contributed by atoms with Gasteiger partial charge in [0.1, 0.15) is 11.3 Å². The molecular formula is C22H29N9O2. The molecule has 0 amide bonds. The fourth-order valence-electron chi connectivity index (χ4n) is 4.04. The van der Waals surface area contributed by atoms with Gasteiger partial charge in [-0.15, -0.1) is 5.10 Å². The van der Waals surface area contributed by atoms with Crippen molar-refractivity contribution in [3.8, 4) is 5.75 Å². The van der Waals surface area contributed by atoms with E-state index < -0.39 is 0 Å². The van der Waals surface area contributed by atoms with E-state index in [-0.39, 0.29) is 18.6 Å². The summed E-state index contributed by atoms with van der Waals surface area (Å²) in [7, 11) is 1.66. The van der Waals surface area contributed by atoms with Gasteiger partial charge in [0.2, 0.25) is 5.95 Å². The molecule has 0 spiro atoms. The maximum absolute atomic E-state index is 9.46. The third kappa shape index (κ3) is 5.20. The predicted octanol–water partition coefficient (Wildman–Crippen LogP) is 2.14. The molecule has 0 aliphatic carbocycles. The number of aliphatic hydroxyl groups is 1. The SMILES string of the molecule is CCC[C@@H](CCO)Nc1nc(N)nc2ccn(Cc3cc(Cc4nnn[nH]4)ccc3OC)c12. The molecule has 5 N–H and O–H groups in total. The lowest BCUT2D eigenvalue weighted by Crippen LogP contribution is -2.22. The van der Waals surface area contributed by atoms with Gasteiger partial charge in [0.05, 0.1) is 19.2 Å². The summed E-state index contributed by atoms with van der Waals surface area (Å²) >= 11 is 0. The second-order valence-corrected chi connectivity index (χ2v) is 7.92. The molecule has 0 fully saturated rings. The first-order chi connectivity index (χ1) is 16.1. The molecule has 33 heavy (non-hydrogen) atoms. The van der Waals surface area contributed by atoms with Gasteiger partial charge >= 0.3 is 0 Å². The molecule has 4 aromatic rings. The van der Waals surface area contributed by atoms with Crippen molar-refractivity contribution in [1.82, 2.24) is 35.2 Å².